The number of halogens is 1. The molecule has 0 radical (unpaired) electrons. The molecule has 1 aliphatic heterocycles. The maximum absolute atomic E-state index is 11.4. The zero-order chi connectivity index (χ0) is 13.7. The van der Waals surface area contributed by atoms with Crippen LogP contribution in [0, 0.1) is 5.92 Å². The molecule has 0 N–H and O–H groups in total. The molecule has 1 aliphatic rings. The summed E-state index contributed by atoms with van der Waals surface area (Å²) in [7, 11) is 1.47. The van der Waals surface area contributed by atoms with Crippen molar-refractivity contribution in [1.82, 2.24) is 4.90 Å². The molecule has 19 heavy (non-hydrogen) atoms. The first-order valence-electron chi connectivity index (χ1n) is 6.73. The van der Waals surface area contributed by atoms with Crippen LogP contribution in [0.5, 0.6) is 0 Å². The molecule has 0 unspecified atom stereocenters. The summed E-state index contributed by atoms with van der Waals surface area (Å²) < 4.78 is 5.92. The number of ether oxygens (including phenoxy) is 1. The number of carbonyl (C=O) groups excluding carboxylic acids is 1. The normalized spacial score (nSPS) is 17.4. The number of carbonyl (C=O) groups is 1. The topological polar surface area (TPSA) is 29.5 Å². The van der Waals surface area contributed by atoms with Gasteiger partial charge in [-0.1, -0.05) is 28.1 Å². The summed E-state index contributed by atoms with van der Waals surface area (Å²) in [5, 5.41) is 0. The summed E-state index contributed by atoms with van der Waals surface area (Å²) >= 11 is 3.45. The van der Waals surface area contributed by atoms with E-state index in [-0.39, 0.29) is 11.9 Å². The Morgan fingerprint density at radius 1 is 1.32 bits per heavy atom. The molecular formula is C15H20BrNO2. The van der Waals surface area contributed by atoms with E-state index in [0.29, 0.717) is 0 Å². The predicted octanol–water partition coefficient (Wildman–Crippen LogP) is 2.88. The highest BCUT2D eigenvalue weighted by Crippen LogP contribution is 2.19. The molecule has 0 saturated carbocycles. The van der Waals surface area contributed by atoms with Gasteiger partial charge in [-0.15, -0.1) is 0 Å². The lowest BCUT2D eigenvalue weighted by Crippen LogP contribution is -2.37. The van der Waals surface area contributed by atoms with Gasteiger partial charge in [-0.05, 0) is 50.0 Å². The van der Waals surface area contributed by atoms with E-state index in [9.17, 15) is 4.79 Å². The molecule has 0 aliphatic carbocycles. The monoisotopic (exact) mass is 325 g/mol. The maximum Gasteiger partial charge on any atom is 0.308 e. The SMILES string of the molecule is COC(=O)C1CCN(CCc2ccc(Br)cc2)CC1. The Bertz CT molecular complexity index is 411. The lowest BCUT2D eigenvalue weighted by molar-refractivity contribution is -0.147. The highest BCUT2D eigenvalue weighted by atomic mass is 79.9. The zero-order valence-electron chi connectivity index (χ0n) is 11.3. The van der Waals surface area contributed by atoms with Gasteiger partial charge >= 0.3 is 5.97 Å². The van der Waals surface area contributed by atoms with Crippen molar-refractivity contribution >= 4 is 21.9 Å². The van der Waals surface area contributed by atoms with Crippen LogP contribution < -0.4 is 0 Å². The van der Waals surface area contributed by atoms with Crippen molar-refractivity contribution in [2.24, 2.45) is 5.92 Å². The van der Waals surface area contributed by atoms with Crippen molar-refractivity contribution in [2.75, 3.05) is 26.7 Å². The van der Waals surface area contributed by atoms with E-state index in [2.05, 4.69) is 45.1 Å². The first kappa shape index (κ1) is 14.5. The fraction of sp³-hybridized carbons (Fsp3) is 0.533. The number of hydrogen-bond donors (Lipinski definition) is 0. The predicted molar refractivity (Wildman–Crippen MR) is 79.0 cm³/mol. The molecule has 0 spiro atoms. The molecule has 104 valence electrons. The number of benzene rings is 1. The number of nitrogens with zero attached hydrogens (tertiary/aromatic N) is 1. The molecule has 1 saturated heterocycles. The molecule has 0 aromatic heterocycles. The summed E-state index contributed by atoms with van der Waals surface area (Å²) in [5.74, 6) is 0.0569. The minimum atomic E-state index is -0.0486. The second-order valence-electron chi connectivity index (χ2n) is 5.02. The van der Waals surface area contributed by atoms with Crippen molar-refractivity contribution in [1.29, 1.82) is 0 Å². The fourth-order valence-electron chi connectivity index (χ4n) is 2.50. The molecular weight excluding hydrogens is 306 g/mol. The fourth-order valence-corrected chi connectivity index (χ4v) is 2.76. The molecule has 1 aromatic carbocycles. The molecule has 1 fully saturated rings. The van der Waals surface area contributed by atoms with Gasteiger partial charge in [-0.3, -0.25) is 4.79 Å². The number of rotatable bonds is 4. The van der Waals surface area contributed by atoms with Gasteiger partial charge in [-0.2, -0.15) is 0 Å². The van der Waals surface area contributed by atoms with E-state index in [1.165, 1.54) is 12.7 Å². The zero-order valence-corrected chi connectivity index (χ0v) is 12.9. The minimum absolute atomic E-state index is 0.0486. The van der Waals surface area contributed by atoms with E-state index < -0.39 is 0 Å². The summed E-state index contributed by atoms with van der Waals surface area (Å²) in [4.78, 5) is 13.9. The summed E-state index contributed by atoms with van der Waals surface area (Å²) in [6.45, 7) is 3.06. The van der Waals surface area contributed by atoms with Crippen LogP contribution in [0.2, 0.25) is 0 Å². The van der Waals surface area contributed by atoms with Gasteiger partial charge < -0.3 is 9.64 Å². The molecule has 0 amide bonds. The lowest BCUT2D eigenvalue weighted by Gasteiger charge is -2.30. The molecule has 0 atom stereocenters. The Hall–Kier alpha value is -0.870. The second-order valence-corrected chi connectivity index (χ2v) is 5.93. The third kappa shape index (κ3) is 4.32. The Morgan fingerprint density at radius 3 is 2.53 bits per heavy atom. The first-order chi connectivity index (χ1) is 9.19. The number of likely N-dealkylation sites (tertiary alicyclic amines) is 1. The Balaban J connectivity index is 1.74. The average Bonchev–Trinajstić information content (AvgIpc) is 2.46. The van der Waals surface area contributed by atoms with Crippen LogP contribution in [0.1, 0.15) is 18.4 Å². The van der Waals surface area contributed by atoms with Crippen molar-refractivity contribution in [3.8, 4) is 0 Å². The molecule has 0 bridgehead atoms. The number of esters is 1. The van der Waals surface area contributed by atoms with Gasteiger partial charge in [0.2, 0.25) is 0 Å². The van der Waals surface area contributed by atoms with Crippen molar-refractivity contribution < 1.29 is 9.53 Å². The Kier molecular flexibility index (Phi) is 5.40. The molecule has 1 aromatic rings. The van der Waals surface area contributed by atoms with E-state index in [0.717, 1.165) is 43.4 Å². The van der Waals surface area contributed by atoms with Gasteiger partial charge in [0.05, 0.1) is 13.0 Å². The summed E-state index contributed by atoms with van der Waals surface area (Å²) in [6, 6.07) is 8.48. The van der Waals surface area contributed by atoms with Crippen LogP contribution in [-0.4, -0.2) is 37.6 Å². The van der Waals surface area contributed by atoms with E-state index in [1.54, 1.807) is 0 Å². The standard InChI is InChI=1S/C15H20BrNO2/c1-19-15(18)13-7-10-17(11-8-13)9-6-12-2-4-14(16)5-3-12/h2-5,13H,6-11H2,1H3. The van der Waals surface area contributed by atoms with Gasteiger partial charge in [0.25, 0.3) is 0 Å². The van der Waals surface area contributed by atoms with E-state index in [4.69, 9.17) is 4.74 Å². The largest absolute Gasteiger partial charge is 0.469 e. The number of hydrogen-bond acceptors (Lipinski definition) is 3. The third-order valence-electron chi connectivity index (χ3n) is 3.75. The van der Waals surface area contributed by atoms with Gasteiger partial charge in [0, 0.05) is 11.0 Å². The third-order valence-corrected chi connectivity index (χ3v) is 4.28. The summed E-state index contributed by atoms with van der Waals surface area (Å²) in [5.41, 5.74) is 1.36. The van der Waals surface area contributed by atoms with Crippen LogP contribution in [0.25, 0.3) is 0 Å². The second kappa shape index (κ2) is 7.06. The molecule has 2 rings (SSSR count). The Labute approximate surface area is 123 Å². The highest BCUT2D eigenvalue weighted by molar-refractivity contribution is 9.10. The Morgan fingerprint density at radius 2 is 1.95 bits per heavy atom. The average molecular weight is 326 g/mol. The lowest BCUT2D eigenvalue weighted by atomic mass is 9.97. The van der Waals surface area contributed by atoms with Crippen LogP contribution in [0.3, 0.4) is 0 Å². The van der Waals surface area contributed by atoms with Crippen molar-refractivity contribution in [3.05, 3.63) is 34.3 Å². The quantitative estimate of drug-likeness (QED) is 0.797. The smallest absolute Gasteiger partial charge is 0.308 e. The van der Waals surface area contributed by atoms with Gasteiger partial charge in [-0.25, -0.2) is 0 Å². The van der Waals surface area contributed by atoms with Crippen LogP contribution >= 0.6 is 15.9 Å². The van der Waals surface area contributed by atoms with Gasteiger partial charge in [0.1, 0.15) is 0 Å². The highest BCUT2D eigenvalue weighted by Gasteiger charge is 2.25. The summed E-state index contributed by atoms with van der Waals surface area (Å²) in [6.07, 6.45) is 2.91. The van der Waals surface area contributed by atoms with Crippen LogP contribution in [0.15, 0.2) is 28.7 Å². The number of methoxy groups -OCH3 is 1. The molecule has 3 nitrogen and oxygen atoms in total. The number of piperidine rings is 1. The maximum atomic E-state index is 11.4. The molecule has 1 heterocycles. The van der Waals surface area contributed by atoms with Crippen LogP contribution in [0.4, 0.5) is 0 Å². The van der Waals surface area contributed by atoms with Crippen molar-refractivity contribution in [3.63, 3.8) is 0 Å². The minimum Gasteiger partial charge on any atom is -0.469 e. The first-order valence-corrected chi connectivity index (χ1v) is 7.53. The van der Waals surface area contributed by atoms with E-state index in [1.807, 2.05) is 0 Å². The van der Waals surface area contributed by atoms with E-state index >= 15 is 0 Å². The van der Waals surface area contributed by atoms with Crippen LogP contribution in [-0.2, 0) is 16.0 Å². The van der Waals surface area contributed by atoms with Gasteiger partial charge in [0.15, 0.2) is 0 Å². The molecule has 4 heteroatoms. The van der Waals surface area contributed by atoms with Crippen molar-refractivity contribution in [2.45, 2.75) is 19.3 Å².